The molecule has 0 amide bonds. The van der Waals surface area contributed by atoms with Gasteiger partial charge in [-0.2, -0.15) is 0 Å². The Balaban J connectivity index is 2.18. The molecule has 1 N–H and O–H groups in total. The summed E-state index contributed by atoms with van der Waals surface area (Å²) in [5.41, 5.74) is 0. The average Bonchev–Trinajstić information content (AvgIpc) is 2.37. The maximum absolute atomic E-state index is 3.55. The molecular weight excluding hydrogens is 232 g/mol. The van der Waals surface area contributed by atoms with Crippen LogP contribution in [0.2, 0.25) is 0 Å². The van der Waals surface area contributed by atoms with Gasteiger partial charge in [0.05, 0.1) is 0 Å². The lowest BCUT2D eigenvalue weighted by atomic mass is 9.84. The highest BCUT2D eigenvalue weighted by molar-refractivity contribution is 4.82. The van der Waals surface area contributed by atoms with Crippen LogP contribution < -0.4 is 5.32 Å². The summed E-state index contributed by atoms with van der Waals surface area (Å²) in [5, 5.41) is 3.55. The van der Waals surface area contributed by atoms with Crippen molar-refractivity contribution < 1.29 is 0 Å². The molecule has 0 aliphatic heterocycles. The molecule has 1 fully saturated rings. The van der Waals surface area contributed by atoms with Gasteiger partial charge in [0.15, 0.2) is 0 Å². The van der Waals surface area contributed by atoms with Crippen LogP contribution in [0, 0.1) is 11.8 Å². The zero-order valence-corrected chi connectivity index (χ0v) is 13.9. The number of nitrogens with one attached hydrogen (secondary N) is 1. The predicted octanol–water partition coefficient (Wildman–Crippen LogP) is 3.91. The van der Waals surface area contributed by atoms with Crippen LogP contribution in [0.15, 0.2) is 0 Å². The van der Waals surface area contributed by atoms with E-state index in [9.17, 15) is 0 Å². The maximum atomic E-state index is 3.55. The summed E-state index contributed by atoms with van der Waals surface area (Å²) in [4.78, 5) is 2.66. The molecule has 0 saturated heterocycles. The molecule has 0 spiro atoms. The smallest absolute Gasteiger partial charge is 0.0121 e. The van der Waals surface area contributed by atoms with Crippen LogP contribution in [-0.4, -0.2) is 37.1 Å². The first kappa shape index (κ1) is 17.0. The molecule has 19 heavy (non-hydrogen) atoms. The lowest BCUT2D eigenvalue weighted by Gasteiger charge is -2.39. The Bertz CT molecular complexity index is 227. The maximum Gasteiger partial charge on any atom is 0.0121 e. The Morgan fingerprint density at radius 2 is 1.84 bits per heavy atom. The van der Waals surface area contributed by atoms with Gasteiger partial charge in [0.25, 0.3) is 0 Å². The van der Waals surface area contributed by atoms with Crippen LogP contribution in [-0.2, 0) is 0 Å². The summed E-state index contributed by atoms with van der Waals surface area (Å²) in [7, 11) is 2.35. The molecular formula is C17H36N2. The summed E-state index contributed by atoms with van der Waals surface area (Å²) in [6, 6.07) is 1.55. The van der Waals surface area contributed by atoms with Crippen molar-refractivity contribution in [3.8, 4) is 0 Å². The first-order valence-corrected chi connectivity index (χ1v) is 8.45. The molecule has 2 nitrogen and oxygen atoms in total. The topological polar surface area (TPSA) is 15.3 Å². The monoisotopic (exact) mass is 268 g/mol. The van der Waals surface area contributed by atoms with Crippen LogP contribution in [0.1, 0.15) is 66.2 Å². The largest absolute Gasteiger partial charge is 0.316 e. The van der Waals surface area contributed by atoms with Crippen LogP contribution in [0.5, 0.6) is 0 Å². The standard InChI is InChI=1S/C17H36N2/c1-14(2)13-18-12-8-10-16(4)19(5)17-11-7-6-9-15(17)3/h14-18H,6-13H2,1-5H3. The quantitative estimate of drug-likeness (QED) is 0.671. The van der Waals surface area contributed by atoms with Crippen molar-refractivity contribution in [1.29, 1.82) is 0 Å². The van der Waals surface area contributed by atoms with E-state index >= 15 is 0 Å². The van der Waals surface area contributed by atoms with E-state index in [0.717, 1.165) is 30.5 Å². The second-order valence-corrected chi connectivity index (χ2v) is 7.08. The van der Waals surface area contributed by atoms with E-state index in [4.69, 9.17) is 0 Å². The van der Waals surface area contributed by atoms with E-state index < -0.39 is 0 Å². The lowest BCUT2D eigenvalue weighted by molar-refractivity contribution is 0.0986. The Morgan fingerprint density at radius 1 is 1.16 bits per heavy atom. The fourth-order valence-corrected chi connectivity index (χ4v) is 3.35. The van der Waals surface area contributed by atoms with Gasteiger partial charge < -0.3 is 10.2 Å². The van der Waals surface area contributed by atoms with E-state index in [1.807, 2.05) is 0 Å². The normalized spacial score (nSPS) is 26.1. The van der Waals surface area contributed by atoms with E-state index in [1.54, 1.807) is 0 Å². The lowest BCUT2D eigenvalue weighted by Crippen LogP contribution is -2.44. The third kappa shape index (κ3) is 6.27. The van der Waals surface area contributed by atoms with Gasteiger partial charge >= 0.3 is 0 Å². The number of hydrogen-bond acceptors (Lipinski definition) is 2. The zero-order valence-electron chi connectivity index (χ0n) is 13.9. The highest BCUT2D eigenvalue weighted by atomic mass is 15.2. The van der Waals surface area contributed by atoms with E-state index in [1.165, 1.54) is 45.1 Å². The van der Waals surface area contributed by atoms with Crippen molar-refractivity contribution in [2.24, 2.45) is 11.8 Å². The first-order chi connectivity index (χ1) is 9.02. The third-order valence-electron chi connectivity index (χ3n) is 4.81. The SMILES string of the molecule is CC(C)CNCCCC(C)N(C)C1CCCCC1C. The molecule has 1 saturated carbocycles. The minimum absolute atomic E-state index is 0.728. The molecule has 3 atom stereocenters. The van der Waals surface area contributed by atoms with Crippen LogP contribution in [0.4, 0.5) is 0 Å². The van der Waals surface area contributed by atoms with E-state index in [0.29, 0.717) is 0 Å². The summed E-state index contributed by atoms with van der Waals surface area (Å²) >= 11 is 0. The fraction of sp³-hybridized carbons (Fsp3) is 1.00. The number of rotatable bonds is 8. The molecule has 114 valence electrons. The zero-order chi connectivity index (χ0) is 14.3. The Hall–Kier alpha value is -0.0800. The van der Waals surface area contributed by atoms with Crippen molar-refractivity contribution in [2.45, 2.75) is 78.3 Å². The molecule has 0 bridgehead atoms. The average molecular weight is 268 g/mol. The first-order valence-electron chi connectivity index (χ1n) is 8.45. The van der Waals surface area contributed by atoms with Crippen LogP contribution >= 0.6 is 0 Å². The second-order valence-electron chi connectivity index (χ2n) is 7.08. The summed E-state index contributed by atoms with van der Waals surface area (Å²) in [5.74, 6) is 1.66. The van der Waals surface area contributed by atoms with Gasteiger partial charge in [-0.3, -0.25) is 0 Å². The summed E-state index contributed by atoms with van der Waals surface area (Å²) < 4.78 is 0. The molecule has 3 unspecified atom stereocenters. The minimum Gasteiger partial charge on any atom is -0.316 e. The van der Waals surface area contributed by atoms with Crippen molar-refractivity contribution in [2.75, 3.05) is 20.1 Å². The van der Waals surface area contributed by atoms with Crippen LogP contribution in [0.25, 0.3) is 0 Å². The molecule has 1 aliphatic carbocycles. The molecule has 1 aliphatic rings. The number of nitrogens with zero attached hydrogens (tertiary/aromatic N) is 1. The third-order valence-corrected chi connectivity index (χ3v) is 4.81. The highest BCUT2D eigenvalue weighted by Gasteiger charge is 2.27. The van der Waals surface area contributed by atoms with Gasteiger partial charge in [0.2, 0.25) is 0 Å². The van der Waals surface area contributed by atoms with Gasteiger partial charge in [-0.25, -0.2) is 0 Å². The summed E-state index contributed by atoms with van der Waals surface area (Å²) in [6.07, 6.45) is 8.34. The fourth-order valence-electron chi connectivity index (χ4n) is 3.35. The van der Waals surface area contributed by atoms with Crippen molar-refractivity contribution in [3.63, 3.8) is 0 Å². The van der Waals surface area contributed by atoms with Gasteiger partial charge in [0.1, 0.15) is 0 Å². The Morgan fingerprint density at radius 3 is 2.47 bits per heavy atom. The van der Waals surface area contributed by atoms with E-state index in [2.05, 4.69) is 45.0 Å². The van der Waals surface area contributed by atoms with E-state index in [-0.39, 0.29) is 0 Å². The number of hydrogen-bond donors (Lipinski definition) is 1. The van der Waals surface area contributed by atoms with Crippen LogP contribution in [0.3, 0.4) is 0 Å². The highest BCUT2D eigenvalue weighted by Crippen LogP contribution is 2.28. The molecule has 0 aromatic rings. The molecule has 1 rings (SSSR count). The predicted molar refractivity (Wildman–Crippen MR) is 85.6 cm³/mol. The molecule has 2 heteroatoms. The Labute approximate surface area is 121 Å². The van der Waals surface area contributed by atoms with Gasteiger partial charge in [-0.1, -0.05) is 33.6 Å². The van der Waals surface area contributed by atoms with Crippen molar-refractivity contribution in [3.05, 3.63) is 0 Å². The molecule has 0 aromatic carbocycles. The molecule has 0 radical (unpaired) electrons. The van der Waals surface area contributed by atoms with Gasteiger partial charge in [-0.05, 0) is 64.6 Å². The second kappa shape index (κ2) is 8.97. The van der Waals surface area contributed by atoms with Crippen molar-refractivity contribution >= 4 is 0 Å². The Kier molecular flexibility index (Phi) is 8.01. The van der Waals surface area contributed by atoms with Gasteiger partial charge in [0, 0.05) is 12.1 Å². The molecule has 0 aromatic heterocycles. The van der Waals surface area contributed by atoms with Gasteiger partial charge in [-0.15, -0.1) is 0 Å². The summed E-state index contributed by atoms with van der Waals surface area (Å²) in [6.45, 7) is 11.7. The van der Waals surface area contributed by atoms with Crippen molar-refractivity contribution in [1.82, 2.24) is 10.2 Å². The minimum atomic E-state index is 0.728. The molecule has 0 heterocycles.